The Morgan fingerprint density at radius 3 is 2.43 bits per heavy atom. The summed E-state index contributed by atoms with van der Waals surface area (Å²) in [5.41, 5.74) is 7.59. The smallest absolute Gasteiger partial charge is 0.149 e. The van der Waals surface area contributed by atoms with Gasteiger partial charge in [0.25, 0.3) is 0 Å². The Hall–Kier alpha value is -1.38. The van der Waals surface area contributed by atoms with Crippen LogP contribution in [0.25, 0.3) is 0 Å². The molecular formula is C11H19N3. The molecule has 3 heteroatoms. The van der Waals surface area contributed by atoms with E-state index in [0.717, 1.165) is 17.7 Å². The average Bonchev–Trinajstić information content (AvgIpc) is 2.13. The van der Waals surface area contributed by atoms with Crippen molar-refractivity contribution in [2.45, 2.75) is 34.1 Å². The first-order valence-electron chi connectivity index (χ1n) is 4.78. The van der Waals surface area contributed by atoms with Gasteiger partial charge in [0.15, 0.2) is 0 Å². The number of nitrogens with two attached hydrogens (primary N) is 1. The van der Waals surface area contributed by atoms with Crippen LogP contribution in [-0.2, 0) is 0 Å². The zero-order valence-corrected chi connectivity index (χ0v) is 9.41. The molecule has 0 unspecified atom stereocenters. The number of nitrogens with zero attached hydrogens (tertiary/aromatic N) is 2. The highest BCUT2D eigenvalue weighted by Gasteiger charge is 2.00. The van der Waals surface area contributed by atoms with Gasteiger partial charge in [-0.2, -0.15) is 0 Å². The van der Waals surface area contributed by atoms with E-state index in [1.807, 2.05) is 33.8 Å². The number of hydrogen-bond acceptors (Lipinski definition) is 2. The molecule has 0 bridgehead atoms. The SMILES string of the molecule is C/C=N\C(=C(C)C)/C(N)=N\C=C/CC. The van der Waals surface area contributed by atoms with E-state index >= 15 is 0 Å². The zero-order valence-electron chi connectivity index (χ0n) is 9.41. The van der Waals surface area contributed by atoms with Crippen LogP contribution in [-0.4, -0.2) is 12.1 Å². The van der Waals surface area contributed by atoms with Crippen molar-refractivity contribution in [1.29, 1.82) is 0 Å². The van der Waals surface area contributed by atoms with Crippen LogP contribution in [0.15, 0.2) is 33.5 Å². The van der Waals surface area contributed by atoms with Crippen LogP contribution >= 0.6 is 0 Å². The molecule has 0 heterocycles. The lowest BCUT2D eigenvalue weighted by Gasteiger charge is -2.01. The Bertz CT molecular complexity index is 279. The fourth-order valence-corrected chi connectivity index (χ4v) is 0.880. The van der Waals surface area contributed by atoms with E-state index in [2.05, 4.69) is 9.98 Å². The van der Waals surface area contributed by atoms with Gasteiger partial charge in [-0.25, -0.2) is 4.99 Å². The summed E-state index contributed by atoms with van der Waals surface area (Å²) in [6.45, 7) is 7.84. The standard InChI is InChI=1S/C11H19N3/c1-5-7-8-14-11(12)10(9(3)4)13-6-2/h6-8H,5H2,1-4H3,(H2,12,14)/b8-7-,13-6-. The molecule has 0 aromatic heterocycles. The molecule has 0 aliphatic heterocycles. The van der Waals surface area contributed by atoms with E-state index in [1.165, 1.54) is 0 Å². The van der Waals surface area contributed by atoms with Crippen LogP contribution in [0.5, 0.6) is 0 Å². The minimum atomic E-state index is 0.466. The molecule has 0 radical (unpaired) electrons. The summed E-state index contributed by atoms with van der Waals surface area (Å²) in [6, 6.07) is 0. The van der Waals surface area contributed by atoms with Crippen molar-refractivity contribution in [2.24, 2.45) is 15.7 Å². The van der Waals surface area contributed by atoms with Crippen molar-refractivity contribution in [2.75, 3.05) is 0 Å². The fourth-order valence-electron chi connectivity index (χ4n) is 0.880. The predicted molar refractivity (Wildman–Crippen MR) is 63.6 cm³/mol. The van der Waals surface area contributed by atoms with Crippen molar-refractivity contribution in [3.63, 3.8) is 0 Å². The van der Waals surface area contributed by atoms with Crippen LogP contribution in [0, 0.1) is 0 Å². The first kappa shape index (κ1) is 12.6. The lowest BCUT2D eigenvalue weighted by molar-refractivity contribution is 1.20. The molecule has 2 N–H and O–H groups in total. The molecule has 0 aromatic rings. The molecule has 0 fully saturated rings. The molecule has 0 saturated carbocycles. The van der Waals surface area contributed by atoms with Gasteiger partial charge in [0.05, 0.1) is 0 Å². The molecule has 14 heavy (non-hydrogen) atoms. The van der Waals surface area contributed by atoms with Crippen LogP contribution in [0.2, 0.25) is 0 Å². The quantitative estimate of drug-likeness (QED) is 0.541. The molecule has 0 rings (SSSR count). The number of allylic oxidation sites excluding steroid dienone is 2. The summed E-state index contributed by atoms with van der Waals surface area (Å²) in [6.07, 6.45) is 6.33. The molecular weight excluding hydrogens is 174 g/mol. The summed E-state index contributed by atoms with van der Waals surface area (Å²) >= 11 is 0. The van der Waals surface area contributed by atoms with E-state index in [4.69, 9.17) is 5.73 Å². The molecule has 0 aliphatic rings. The number of rotatable bonds is 4. The van der Waals surface area contributed by atoms with Gasteiger partial charge in [0.1, 0.15) is 11.5 Å². The van der Waals surface area contributed by atoms with Gasteiger partial charge in [-0.3, -0.25) is 4.99 Å². The van der Waals surface area contributed by atoms with E-state index in [1.54, 1.807) is 12.4 Å². The third kappa shape index (κ3) is 4.60. The van der Waals surface area contributed by atoms with Gasteiger partial charge < -0.3 is 5.73 Å². The van der Waals surface area contributed by atoms with Crippen LogP contribution < -0.4 is 5.73 Å². The van der Waals surface area contributed by atoms with E-state index in [9.17, 15) is 0 Å². The highest BCUT2D eigenvalue weighted by molar-refractivity contribution is 5.98. The number of aliphatic imine (C=N–C) groups is 2. The third-order valence-corrected chi connectivity index (χ3v) is 1.53. The minimum absolute atomic E-state index is 0.466. The van der Waals surface area contributed by atoms with Gasteiger partial charge in [-0.05, 0) is 32.8 Å². The first-order valence-corrected chi connectivity index (χ1v) is 4.78. The van der Waals surface area contributed by atoms with Crippen molar-refractivity contribution in [1.82, 2.24) is 0 Å². The van der Waals surface area contributed by atoms with Gasteiger partial charge in [0, 0.05) is 12.4 Å². The highest BCUT2D eigenvalue weighted by atomic mass is 14.9. The third-order valence-electron chi connectivity index (χ3n) is 1.53. The van der Waals surface area contributed by atoms with E-state index in [-0.39, 0.29) is 0 Å². The second-order valence-corrected chi connectivity index (χ2v) is 3.04. The molecule has 0 aromatic carbocycles. The summed E-state index contributed by atoms with van der Waals surface area (Å²) in [4.78, 5) is 8.26. The molecule has 0 saturated heterocycles. The zero-order chi connectivity index (χ0) is 11.0. The van der Waals surface area contributed by atoms with Crippen molar-refractivity contribution < 1.29 is 0 Å². The largest absolute Gasteiger partial charge is 0.382 e. The van der Waals surface area contributed by atoms with Gasteiger partial charge in [-0.1, -0.05) is 13.0 Å². The van der Waals surface area contributed by atoms with Crippen molar-refractivity contribution in [3.8, 4) is 0 Å². The number of amidine groups is 1. The van der Waals surface area contributed by atoms with Gasteiger partial charge in [0.2, 0.25) is 0 Å². The highest BCUT2D eigenvalue weighted by Crippen LogP contribution is 2.04. The van der Waals surface area contributed by atoms with Crippen LogP contribution in [0.4, 0.5) is 0 Å². The van der Waals surface area contributed by atoms with Gasteiger partial charge in [-0.15, -0.1) is 0 Å². The molecule has 3 nitrogen and oxygen atoms in total. The summed E-state index contributed by atoms with van der Waals surface area (Å²) in [5.74, 6) is 0.466. The lowest BCUT2D eigenvalue weighted by atomic mass is 10.2. The van der Waals surface area contributed by atoms with Crippen molar-refractivity contribution >= 4 is 12.1 Å². The Morgan fingerprint density at radius 2 is 2.00 bits per heavy atom. The predicted octanol–water partition coefficient (Wildman–Crippen LogP) is 2.65. The monoisotopic (exact) mass is 193 g/mol. The second kappa shape index (κ2) is 7.06. The Kier molecular flexibility index (Phi) is 6.37. The van der Waals surface area contributed by atoms with Crippen LogP contribution in [0.3, 0.4) is 0 Å². The van der Waals surface area contributed by atoms with Gasteiger partial charge >= 0.3 is 0 Å². The molecule has 0 aliphatic carbocycles. The topological polar surface area (TPSA) is 50.7 Å². The Morgan fingerprint density at radius 1 is 1.36 bits per heavy atom. The van der Waals surface area contributed by atoms with E-state index < -0.39 is 0 Å². The molecule has 0 amide bonds. The summed E-state index contributed by atoms with van der Waals surface area (Å²) < 4.78 is 0. The minimum Gasteiger partial charge on any atom is -0.382 e. The Balaban J connectivity index is 4.79. The summed E-state index contributed by atoms with van der Waals surface area (Å²) in [5, 5.41) is 0. The normalized spacial score (nSPS) is 12.7. The molecule has 78 valence electrons. The average molecular weight is 193 g/mol. The molecule has 0 atom stereocenters. The first-order chi connectivity index (χ1) is 6.63. The second-order valence-electron chi connectivity index (χ2n) is 3.04. The summed E-state index contributed by atoms with van der Waals surface area (Å²) in [7, 11) is 0. The van der Waals surface area contributed by atoms with Crippen LogP contribution in [0.1, 0.15) is 34.1 Å². The maximum atomic E-state index is 5.77. The van der Waals surface area contributed by atoms with E-state index in [0.29, 0.717) is 5.84 Å². The maximum Gasteiger partial charge on any atom is 0.149 e. The maximum absolute atomic E-state index is 5.77. The Labute approximate surface area is 86.1 Å². The van der Waals surface area contributed by atoms with Crippen molar-refractivity contribution in [3.05, 3.63) is 23.5 Å². The molecule has 0 spiro atoms. The fraction of sp³-hybridized carbons (Fsp3) is 0.455. The lowest BCUT2D eigenvalue weighted by Crippen LogP contribution is -2.14. The number of hydrogen-bond donors (Lipinski definition) is 1.